The van der Waals surface area contributed by atoms with Gasteiger partial charge < -0.3 is 9.84 Å². The molecule has 0 fully saturated rings. The molecule has 0 radical (unpaired) electrons. The summed E-state index contributed by atoms with van der Waals surface area (Å²) in [5.74, 6) is 0.879. The van der Waals surface area contributed by atoms with E-state index in [0.717, 1.165) is 11.4 Å². The number of nitrogens with zero attached hydrogens (tertiary/aromatic N) is 3. The van der Waals surface area contributed by atoms with Gasteiger partial charge in [0.2, 0.25) is 0 Å². The first kappa shape index (κ1) is 17.6. The van der Waals surface area contributed by atoms with Crippen molar-refractivity contribution in [2.45, 2.75) is 0 Å². The summed E-state index contributed by atoms with van der Waals surface area (Å²) in [6.45, 7) is 0. The molecule has 6 heteroatoms. The molecule has 0 aliphatic carbocycles. The maximum atomic E-state index is 10.0. The van der Waals surface area contributed by atoms with Crippen LogP contribution in [0.5, 0.6) is 11.5 Å². The molecule has 0 aliphatic rings. The van der Waals surface area contributed by atoms with Crippen LogP contribution in [0.4, 0.5) is 17.1 Å². The standard InChI is InChI=1S/C20H16ClN3O2/c1-26-19-9-6-16(7-10-19)22-13-14-12-18(8-11-20(14)25)24-23-17-4-2-15(21)3-5-17/h2-13,25H,1H3. The molecular weight excluding hydrogens is 350 g/mol. The highest BCUT2D eigenvalue weighted by Crippen LogP contribution is 2.25. The van der Waals surface area contributed by atoms with Crippen molar-refractivity contribution in [3.63, 3.8) is 0 Å². The lowest BCUT2D eigenvalue weighted by molar-refractivity contribution is 0.415. The van der Waals surface area contributed by atoms with Crippen molar-refractivity contribution in [2.75, 3.05) is 7.11 Å². The van der Waals surface area contributed by atoms with Gasteiger partial charge >= 0.3 is 0 Å². The average molecular weight is 366 g/mol. The van der Waals surface area contributed by atoms with E-state index in [9.17, 15) is 5.11 Å². The van der Waals surface area contributed by atoms with Crippen LogP contribution in [0.2, 0.25) is 5.02 Å². The molecule has 5 nitrogen and oxygen atoms in total. The molecule has 1 N–H and O–H groups in total. The fraction of sp³-hybridized carbons (Fsp3) is 0.0500. The third-order valence-electron chi connectivity index (χ3n) is 3.54. The van der Waals surface area contributed by atoms with Crippen molar-refractivity contribution in [2.24, 2.45) is 15.2 Å². The van der Waals surface area contributed by atoms with Crippen LogP contribution in [0.3, 0.4) is 0 Å². The zero-order valence-electron chi connectivity index (χ0n) is 14.0. The van der Waals surface area contributed by atoms with Crippen LogP contribution in [0.1, 0.15) is 5.56 Å². The van der Waals surface area contributed by atoms with Crippen LogP contribution in [0.25, 0.3) is 0 Å². The topological polar surface area (TPSA) is 66.5 Å². The fourth-order valence-corrected chi connectivity index (χ4v) is 2.27. The van der Waals surface area contributed by atoms with E-state index in [1.165, 1.54) is 0 Å². The Morgan fingerprint density at radius 2 is 1.46 bits per heavy atom. The third-order valence-corrected chi connectivity index (χ3v) is 3.80. The summed E-state index contributed by atoms with van der Waals surface area (Å²) in [6, 6.07) is 19.3. The largest absolute Gasteiger partial charge is 0.507 e. The molecule has 0 saturated carbocycles. The van der Waals surface area contributed by atoms with Gasteiger partial charge in [-0.2, -0.15) is 10.2 Å². The summed E-state index contributed by atoms with van der Waals surface area (Å²) in [5, 5.41) is 19.0. The van der Waals surface area contributed by atoms with Crippen molar-refractivity contribution in [1.29, 1.82) is 0 Å². The fourth-order valence-electron chi connectivity index (χ4n) is 2.14. The number of azo groups is 1. The Labute approximate surface area is 156 Å². The van der Waals surface area contributed by atoms with Gasteiger partial charge in [-0.1, -0.05) is 11.6 Å². The molecule has 0 heterocycles. The Bertz CT molecular complexity index is 936. The van der Waals surface area contributed by atoms with Crippen LogP contribution >= 0.6 is 11.6 Å². The van der Waals surface area contributed by atoms with Gasteiger partial charge in [-0.25, -0.2) is 0 Å². The Hall–Kier alpha value is -3.18. The number of aliphatic imine (C=N–C) groups is 1. The van der Waals surface area contributed by atoms with Crippen molar-refractivity contribution in [1.82, 2.24) is 0 Å². The van der Waals surface area contributed by atoms with Gasteiger partial charge in [-0.3, -0.25) is 4.99 Å². The smallest absolute Gasteiger partial charge is 0.124 e. The molecule has 0 aromatic heterocycles. The van der Waals surface area contributed by atoms with Crippen LogP contribution in [0.15, 0.2) is 82.0 Å². The maximum Gasteiger partial charge on any atom is 0.124 e. The first-order chi connectivity index (χ1) is 12.6. The molecule has 0 bridgehead atoms. The first-order valence-electron chi connectivity index (χ1n) is 7.82. The summed E-state index contributed by atoms with van der Waals surface area (Å²) >= 11 is 5.85. The summed E-state index contributed by atoms with van der Waals surface area (Å²) in [6.07, 6.45) is 1.58. The number of phenolic OH excluding ortho intramolecular Hbond substituents is 1. The molecule has 0 unspecified atom stereocenters. The first-order valence-corrected chi connectivity index (χ1v) is 8.20. The normalized spacial score (nSPS) is 11.3. The van der Waals surface area contributed by atoms with E-state index < -0.39 is 0 Å². The summed E-state index contributed by atoms with van der Waals surface area (Å²) in [4.78, 5) is 4.35. The van der Waals surface area contributed by atoms with Gasteiger partial charge in [0.15, 0.2) is 0 Å². The van der Waals surface area contributed by atoms with E-state index in [2.05, 4.69) is 15.2 Å². The third kappa shape index (κ3) is 4.68. The number of rotatable bonds is 5. The Morgan fingerprint density at radius 3 is 2.15 bits per heavy atom. The van der Waals surface area contributed by atoms with Crippen molar-refractivity contribution < 1.29 is 9.84 Å². The number of hydrogen-bond donors (Lipinski definition) is 1. The minimum Gasteiger partial charge on any atom is -0.507 e. The van der Waals surface area contributed by atoms with Crippen molar-refractivity contribution in [3.8, 4) is 11.5 Å². The van der Waals surface area contributed by atoms with E-state index in [-0.39, 0.29) is 5.75 Å². The van der Waals surface area contributed by atoms with Gasteiger partial charge in [0.05, 0.1) is 24.2 Å². The number of methoxy groups -OCH3 is 1. The molecule has 3 aromatic carbocycles. The number of halogens is 1. The number of ether oxygens (including phenoxy) is 1. The molecule has 0 spiro atoms. The molecule has 3 rings (SSSR count). The summed E-state index contributed by atoms with van der Waals surface area (Å²) in [7, 11) is 1.61. The van der Waals surface area contributed by atoms with E-state index in [0.29, 0.717) is 22.0 Å². The SMILES string of the molecule is COc1ccc(N=Cc2cc(N=Nc3ccc(Cl)cc3)ccc2O)cc1. The quantitative estimate of drug-likeness (QED) is 0.430. The zero-order chi connectivity index (χ0) is 18.4. The minimum atomic E-state index is 0.118. The van der Waals surface area contributed by atoms with Crippen molar-refractivity contribution in [3.05, 3.63) is 77.3 Å². The van der Waals surface area contributed by atoms with Gasteiger partial charge in [0.25, 0.3) is 0 Å². The van der Waals surface area contributed by atoms with E-state index in [1.54, 1.807) is 55.8 Å². The predicted octanol–water partition coefficient (Wildman–Crippen LogP) is 6.22. The van der Waals surface area contributed by atoms with Crippen molar-refractivity contribution >= 4 is 34.9 Å². The van der Waals surface area contributed by atoms with Crippen LogP contribution in [-0.2, 0) is 0 Å². The predicted molar refractivity (Wildman–Crippen MR) is 104 cm³/mol. The molecule has 26 heavy (non-hydrogen) atoms. The molecular formula is C20H16ClN3O2. The Morgan fingerprint density at radius 1 is 0.846 bits per heavy atom. The minimum absolute atomic E-state index is 0.118. The Kier molecular flexibility index (Phi) is 5.61. The van der Waals surface area contributed by atoms with E-state index >= 15 is 0 Å². The Balaban J connectivity index is 1.78. The lowest BCUT2D eigenvalue weighted by Crippen LogP contribution is -1.83. The van der Waals surface area contributed by atoms with Gasteiger partial charge in [-0.15, -0.1) is 0 Å². The molecule has 0 aliphatic heterocycles. The highest BCUT2D eigenvalue weighted by atomic mass is 35.5. The number of phenols is 1. The molecule has 3 aromatic rings. The lowest BCUT2D eigenvalue weighted by Gasteiger charge is -2.01. The monoisotopic (exact) mass is 365 g/mol. The molecule has 0 saturated heterocycles. The van der Waals surface area contributed by atoms with E-state index in [4.69, 9.17) is 16.3 Å². The van der Waals surface area contributed by atoms with Crippen LogP contribution < -0.4 is 4.74 Å². The number of hydrogen-bond acceptors (Lipinski definition) is 5. The van der Waals surface area contributed by atoms with Crippen LogP contribution in [-0.4, -0.2) is 18.4 Å². The summed E-state index contributed by atoms with van der Waals surface area (Å²) < 4.78 is 5.11. The lowest BCUT2D eigenvalue weighted by atomic mass is 10.2. The molecule has 0 amide bonds. The highest BCUT2D eigenvalue weighted by molar-refractivity contribution is 6.30. The molecule has 0 atom stereocenters. The number of benzene rings is 3. The molecule has 130 valence electrons. The second-order valence-electron chi connectivity index (χ2n) is 5.38. The van der Waals surface area contributed by atoms with Crippen LogP contribution in [0, 0.1) is 0 Å². The number of aromatic hydroxyl groups is 1. The van der Waals surface area contributed by atoms with E-state index in [1.807, 2.05) is 24.3 Å². The second-order valence-corrected chi connectivity index (χ2v) is 5.81. The maximum absolute atomic E-state index is 10.0. The van der Waals surface area contributed by atoms with Gasteiger partial charge in [-0.05, 0) is 66.7 Å². The second kappa shape index (κ2) is 8.27. The highest BCUT2D eigenvalue weighted by Gasteiger charge is 2.01. The summed E-state index contributed by atoms with van der Waals surface area (Å²) in [5.41, 5.74) is 2.59. The van der Waals surface area contributed by atoms with Gasteiger partial charge in [0, 0.05) is 16.8 Å². The average Bonchev–Trinajstić information content (AvgIpc) is 2.68. The zero-order valence-corrected chi connectivity index (χ0v) is 14.8. The van der Waals surface area contributed by atoms with Gasteiger partial charge in [0.1, 0.15) is 11.5 Å².